The summed E-state index contributed by atoms with van der Waals surface area (Å²) in [4.78, 5) is 20.7. The van der Waals surface area contributed by atoms with E-state index in [-0.39, 0.29) is 36.1 Å². The number of aliphatic hydroxyl groups excluding tert-OH is 1. The first-order valence-electron chi connectivity index (χ1n) is 8.03. The molecule has 0 aliphatic carbocycles. The van der Waals surface area contributed by atoms with Gasteiger partial charge in [-0.1, -0.05) is 43.7 Å². The summed E-state index contributed by atoms with van der Waals surface area (Å²) >= 11 is 0. The maximum absolute atomic E-state index is 12.6. The van der Waals surface area contributed by atoms with E-state index in [1.807, 2.05) is 45.0 Å². The molecule has 0 saturated carbocycles. The fourth-order valence-electron chi connectivity index (χ4n) is 2.38. The van der Waals surface area contributed by atoms with Gasteiger partial charge in [-0.15, -0.1) is 0 Å². The number of anilines is 1. The zero-order chi connectivity index (χ0) is 17.7. The van der Waals surface area contributed by atoms with Crippen LogP contribution in [0.1, 0.15) is 59.5 Å². The quantitative estimate of drug-likeness (QED) is 0.755. The number of nitrogens with two attached hydrogens (primary N) is 1. The minimum Gasteiger partial charge on any atom is -0.396 e. The Labute approximate surface area is 142 Å². The van der Waals surface area contributed by atoms with Crippen molar-refractivity contribution in [1.82, 2.24) is 15.3 Å². The van der Waals surface area contributed by atoms with Gasteiger partial charge in [0.1, 0.15) is 5.69 Å². The number of nitrogens with one attached hydrogen (secondary N) is 1. The lowest BCUT2D eigenvalue weighted by Crippen LogP contribution is -2.30. The second-order valence-corrected chi connectivity index (χ2v) is 6.14. The lowest BCUT2D eigenvalue weighted by Gasteiger charge is -2.19. The fourth-order valence-corrected chi connectivity index (χ4v) is 2.38. The number of hydrogen-bond acceptors (Lipinski definition) is 5. The van der Waals surface area contributed by atoms with E-state index in [0.717, 1.165) is 16.8 Å². The first-order valence-corrected chi connectivity index (χ1v) is 8.03. The Balaban J connectivity index is 2.23. The topological polar surface area (TPSA) is 101 Å². The van der Waals surface area contributed by atoms with Crippen LogP contribution in [0.15, 0.2) is 30.3 Å². The molecule has 0 fully saturated rings. The first kappa shape index (κ1) is 17.9. The molecule has 4 N–H and O–H groups in total. The second kappa shape index (κ2) is 7.88. The Bertz CT molecular complexity index is 699. The molecule has 0 radical (unpaired) electrons. The summed E-state index contributed by atoms with van der Waals surface area (Å²) in [5, 5.41) is 12.2. The summed E-state index contributed by atoms with van der Waals surface area (Å²) in [7, 11) is 0. The van der Waals surface area contributed by atoms with Gasteiger partial charge in [0.2, 0.25) is 5.95 Å². The third-order valence-corrected chi connectivity index (χ3v) is 3.79. The highest BCUT2D eigenvalue weighted by molar-refractivity contribution is 5.92. The average molecular weight is 328 g/mol. The van der Waals surface area contributed by atoms with Crippen LogP contribution in [0.25, 0.3) is 0 Å². The summed E-state index contributed by atoms with van der Waals surface area (Å²) in [6.07, 6.45) is 0.423. The van der Waals surface area contributed by atoms with Crippen LogP contribution in [0.3, 0.4) is 0 Å². The largest absolute Gasteiger partial charge is 0.396 e. The van der Waals surface area contributed by atoms with Crippen molar-refractivity contribution in [3.05, 3.63) is 52.8 Å². The van der Waals surface area contributed by atoms with E-state index < -0.39 is 0 Å². The summed E-state index contributed by atoms with van der Waals surface area (Å²) in [5.74, 6) is -0.0994. The third-order valence-electron chi connectivity index (χ3n) is 3.79. The van der Waals surface area contributed by atoms with E-state index in [4.69, 9.17) is 5.73 Å². The van der Waals surface area contributed by atoms with Crippen LogP contribution in [0.2, 0.25) is 0 Å². The van der Waals surface area contributed by atoms with Crippen molar-refractivity contribution in [3.8, 4) is 0 Å². The Kier molecular flexibility index (Phi) is 5.87. The van der Waals surface area contributed by atoms with Crippen LogP contribution >= 0.6 is 0 Å². The zero-order valence-electron chi connectivity index (χ0n) is 14.3. The molecule has 0 bridgehead atoms. The molecule has 6 nitrogen and oxygen atoms in total. The van der Waals surface area contributed by atoms with Crippen LogP contribution < -0.4 is 11.1 Å². The van der Waals surface area contributed by atoms with Crippen molar-refractivity contribution in [1.29, 1.82) is 0 Å². The van der Waals surface area contributed by atoms with Crippen LogP contribution in [0.4, 0.5) is 5.95 Å². The Morgan fingerprint density at radius 2 is 1.92 bits per heavy atom. The third kappa shape index (κ3) is 4.52. The Morgan fingerprint density at radius 3 is 2.50 bits per heavy atom. The zero-order valence-corrected chi connectivity index (χ0v) is 14.3. The lowest BCUT2D eigenvalue weighted by atomic mass is 10.0. The van der Waals surface area contributed by atoms with E-state index >= 15 is 0 Å². The van der Waals surface area contributed by atoms with Crippen molar-refractivity contribution in [2.24, 2.45) is 0 Å². The minimum atomic E-state index is -0.329. The SMILES string of the molecule is Cc1ccc(C(CCO)NC(=O)c2cc(C(C)C)nc(N)n2)cc1. The molecule has 0 spiro atoms. The van der Waals surface area contributed by atoms with Gasteiger partial charge in [-0.05, 0) is 30.9 Å². The number of aliphatic hydroxyl groups is 1. The van der Waals surface area contributed by atoms with Gasteiger partial charge in [-0.3, -0.25) is 4.79 Å². The van der Waals surface area contributed by atoms with Gasteiger partial charge in [0.25, 0.3) is 5.91 Å². The van der Waals surface area contributed by atoms with E-state index in [1.54, 1.807) is 6.07 Å². The van der Waals surface area contributed by atoms with E-state index in [2.05, 4.69) is 15.3 Å². The summed E-state index contributed by atoms with van der Waals surface area (Å²) in [5.41, 5.74) is 8.75. The maximum Gasteiger partial charge on any atom is 0.270 e. The van der Waals surface area contributed by atoms with Crippen LogP contribution in [-0.4, -0.2) is 27.6 Å². The highest BCUT2D eigenvalue weighted by atomic mass is 16.3. The molecule has 1 aromatic heterocycles. The van der Waals surface area contributed by atoms with Crippen LogP contribution in [0.5, 0.6) is 0 Å². The number of hydrogen-bond donors (Lipinski definition) is 3. The molecule has 2 aromatic rings. The molecule has 24 heavy (non-hydrogen) atoms. The molecular formula is C18H24N4O2. The predicted molar refractivity (Wildman–Crippen MR) is 93.6 cm³/mol. The fraction of sp³-hybridized carbons (Fsp3) is 0.389. The molecular weight excluding hydrogens is 304 g/mol. The normalized spacial score (nSPS) is 12.2. The average Bonchev–Trinajstić information content (AvgIpc) is 2.54. The number of carbonyl (C=O) groups excluding carboxylic acids is 1. The van der Waals surface area contributed by atoms with Gasteiger partial charge < -0.3 is 16.2 Å². The summed E-state index contributed by atoms with van der Waals surface area (Å²) < 4.78 is 0. The molecule has 0 aliphatic heterocycles. The second-order valence-electron chi connectivity index (χ2n) is 6.14. The van der Waals surface area contributed by atoms with Gasteiger partial charge in [-0.25, -0.2) is 9.97 Å². The lowest BCUT2D eigenvalue weighted by molar-refractivity contribution is 0.0924. The van der Waals surface area contributed by atoms with Gasteiger partial charge >= 0.3 is 0 Å². The number of rotatable bonds is 6. The van der Waals surface area contributed by atoms with E-state index in [9.17, 15) is 9.90 Å². The van der Waals surface area contributed by atoms with Gasteiger partial charge in [0.05, 0.1) is 6.04 Å². The van der Waals surface area contributed by atoms with Crippen LogP contribution in [-0.2, 0) is 0 Å². The summed E-state index contributed by atoms with van der Waals surface area (Å²) in [6, 6.07) is 9.22. The van der Waals surface area contributed by atoms with Gasteiger partial charge in [-0.2, -0.15) is 0 Å². The molecule has 2 rings (SSSR count). The highest BCUT2D eigenvalue weighted by Crippen LogP contribution is 2.19. The number of nitrogens with zero attached hydrogens (tertiary/aromatic N) is 2. The van der Waals surface area contributed by atoms with Crippen molar-refractivity contribution in [2.45, 2.75) is 39.2 Å². The van der Waals surface area contributed by atoms with E-state index in [0.29, 0.717) is 6.42 Å². The Morgan fingerprint density at radius 1 is 1.25 bits per heavy atom. The van der Waals surface area contributed by atoms with Crippen molar-refractivity contribution < 1.29 is 9.90 Å². The van der Waals surface area contributed by atoms with Crippen molar-refractivity contribution in [2.75, 3.05) is 12.3 Å². The number of amides is 1. The molecule has 6 heteroatoms. The molecule has 1 aromatic carbocycles. The molecule has 0 saturated heterocycles. The first-order chi connectivity index (χ1) is 11.4. The number of aryl methyl sites for hydroxylation is 1. The smallest absolute Gasteiger partial charge is 0.270 e. The molecule has 1 amide bonds. The number of nitrogen functional groups attached to an aromatic ring is 1. The monoisotopic (exact) mass is 328 g/mol. The molecule has 1 atom stereocenters. The van der Waals surface area contributed by atoms with Crippen molar-refractivity contribution >= 4 is 11.9 Å². The Hall–Kier alpha value is -2.47. The summed E-state index contributed by atoms with van der Waals surface area (Å²) in [6.45, 7) is 5.93. The standard InChI is InChI=1S/C18H24N4O2/c1-11(2)15-10-16(22-18(19)21-15)17(24)20-14(8-9-23)13-6-4-12(3)5-7-13/h4-7,10-11,14,23H,8-9H2,1-3H3,(H,20,24)(H2,19,21,22). The molecule has 128 valence electrons. The molecule has 1 heterocycles. The van der Waals surface area contributed by atoms with Gasteiger partial charge in [0, 0.05) is 12.3 Å². The number of aromatic nitrogens is 2. The minimum absolute atomic E-state index is 0.0258. The maximum atomic E-state index is 12.6. The van der Waals surface area contributed by atoms with Crippen molar-refractivity contribution in [3.63, 3.8) is 0 Å². The molecule has 1 unspecified atom stereocenters. The highest BCUT2D eigenvalue weighted by Gasteiger charge is 2.18. The van der Waals surface area contributed by atoms with Crippen LogP contribution in [0, 0.1) is 6.92 Å². The number of carbonyl (C=O) groups is 1. The predicted octanol–water partition coefficient (Wildman–Crippen LogP) is 2.34. The number of benzene rings is 1. The van der Waals surface area contributed by atoms with Gasteiger partial charge in [0.15, 0.2) is 0 Å². The van der Waals surface area contributed by atoms with E-state index in [1.165, 1.54) is 0 Å². The molecule has 0 aliphatic rings.